The minimum atomic E-state index is -3.82. The van der Waals surface area contributed by atoms with E-state index in [2.05, 4.69) is 10.5 Å². The Labute approximate surface area is 194 Å². The van der Waals surface area contributed by atoms with E-state index < -0.39 is 22.5 Å². The van der Waals surface area contributed by atoms with Gasteiger partial charge in [0.2, 0.25) is 10.0 Å². The standard InChI is InChI=1S/C22H29N3O7S/c1-6-31-20-10-8-16(12-21(20)32-7-2)14-23-24-22(26)15-25(33(5,27)28)18-13-17(29-3)9-11-19(18)30-4/h8-14H,6-7,15H2,1-5H3,(H,24,26)/b23-14-. The average Bonchev–Trinajstić information content (AvgIpc) is 2.78. The lowest BCUT2D eigenvalue weighted by molar-refractivity contribution is -0.119. The van der Waals surface area contributed by atoms with E-state index >= 15 is 0 Å². The molecule has 180 valence electrons. The highest BCUT2D eigenvalue weighted by Gasteiger charge is 2.24. The molecule has 2 aromatic rings. The number of carbonyl (C=O) groups excluding carboxylic acids is 1. The molecule has 0 fully saturated rings. The van der Waals surface area contributed by atoms with E-state index in [1.807, 2.05) is 13.8 Å². The van der Waals surface area contributed by atoms with Gasteiger partial charge in [-0.2, -0.15) is 5.10 Å². The molecule has 1 amide bonds. The third-order valence-corrected chi connectivity index (χ3v) is 5.44. The molecule has 0 aromatic heterocycles. The van der Waals surface area contributed by atoms with Crippen molar-refractivity contribution in [3.63, 3.8) is 0 Å². The number of methoxy groups -OCH3 is 2. The van der Waals surface area contributed by atoms with Gasteiger partial charge in [0, 0.05) is 6.07 Å². The van der Waals surface area contributed by atoms with Crippen LogP contribution in [0.2, 0.25) is 0 Å². The maximum Gasteiger partial charge on any atom is 0.260 e. The van der Waals surface area contributed by atoms with E-state index in [1.165, 1.54) is 26.5 Å². The Morgan fingerprint density at radius 1 is 1.00 bits per heavy atom. The number of hydrogen-bond acceptors (Lipinski definition) is 8. The summed E-state index contributed by atoms with van der Waals surface area (Å²) < 4.78 is 47.2. The van der Waals surface area contributed by atoms with Crippen molar-refractivity contribution >= 4 is 27.8 Å². The van der Waals surface area contributed by atoms with Gasteiger partial charge in [-0.3, -0.25) is 9.10 Å². The van der Waals surface area contributed by atoms with Gasteiger partial charge in [-0.15, -0.1) is 0 Å². The molecule has 1 N–H and O–H groups in total. The Hall–Kier alpha value is -3.47. The third-order valence-electron chi connectivity index (χ3n) is 4.31. The molecule has 0 radical (unpaired) electrons. The predicted octanol–water partition coefficient (Wildman–Crippen LogP) is 2.42. The molecule has 0 bridgehead atoms. The molecule has 0 atom stereocenters. The zero-order valence-electron chi connectivity index (χ0n) is 19.3. The van der Waals surface area contributed by atoms with Crippen molar-refractivity contribution in [2.75, 3.05) is 44.5 Å². The zero-order chi connectivity index (χ0) is 24.4. The predicted molar refractivity (Wildman–Crippen MR) is 126 cm³/mol. The lowest BCUT2D eigenvalue weighted by Gasteiger charge is -2.23. The molecule has 0 saturated carbocycles. The highest BCUT2D eigenvalue weighted by molar-refractivity contribution is 7.92. The van der Waals surface area contributed by atoms with Crippen molar-refractivity contribution in [1.82, 2.24) is 5.43 Å². The summed E-state index contributed by atoms with van der Waals surface area (Å²) in [6, 6.07) is 9.90. The summed E-state index contributed by atoms with van der Waals surface area (Å²) in [7, 11) is -0.955. The van der Waals surface area contributed by atoms with E-state index in [0.717, 1.165) is 10.6 Å². The number of ether oxygens (including phenoxy) is 4. The van der Waals surface area contributed by atoms with E-state index in [-0.39, 0.29) is 11.4 Å². The monoisotopic (exact) mass is 479 g/mol. The van der Waals surface area contributed by atoms with Crippen LogP contribution in [0.3, 0.4) is 0 Å². The Morgan fingerprint density at radius 3 is 2.27 bits per heavy atom. The molecule has 2 aromatic carbocycles. The van der Waals surface area contributed by atoms with Crippen molar-refractivity contribution in [3.05, 3.63) is 42.0 Å². The van der Waals surface area contributed by atoms with Crippen LogP contribution in [0.15, 0.2) is 41.5 Å². The number of rotatable bonds is 12. The SMILES string of the molecule is CCOc1ccc(/C=N\NC(=O)CN(c2cc(OC)ccc2OC)S(C)(=O)=O)cc1OCC. The molecule has 0 aliphatic carbocycles. The molecule has 2 rings (SSSR count). The molecule has 0 unspecified atom stereocenters. The van der Waals surface area contributed by atoms with E-state index in [4.69, 9.17) is 18.9 Å². The van der Waals surface area contributed by atoms with E-state index in [0.29, 0.717) is 36.0 Å². The first-order valence-electron chi connectivity index (χ1n) is 10.1. The number of nitrogens with one attached hydrogen (secondary N) is 1. The van der Waals surface area contributed by atoms with Gasteiger partial charge in [0.25, 0.3) is 5.91 Å². The fourth-order valence-corrected chi connectivity index (χ4v) is 3.72. The van der Waals surface area contributed by atoms with Crippen molar-refractivity contribution in [2.24, 2.45) is 5.10 Å². The largest absolute Gasteiger partial charge is 0.497 e. The van der Waals surface area contributed by atoms with E-state index in [1.54, 1.807) is 30.3 Å². The number of carbonyl (C=O) groups is 1. The van der Waals surface area contributed by atoms with Crippen LogP contribution in [0.5, 0.6) is 23.0 Å². The van der Waals surface area contributed by atoms with Gasteiger partial charge < -0.3 is 18.9 Å². The van der Waals surface area contributed by atoms with Gasteiger partial charge >= 0.3 is 0 Å². The average molecular weight is 480 g/mol. The lowest BCUT2D eigenvalue weighted by Crippen LogP contribution is -2.39. The molecule has 0 spiro atoms. The second kappa shape index (κ2) is 12.0. The minimum absolute atomic E-state index is 0.173. The van der Waals surface area contributed by atoms with Crippen LogP contribution in [0, 0.1) is 0 Å². The Kier molecular flexibility index (Phi) is 9.34. The molecular formula is C22H29N3O7S. The summed E-state index contributed by atoms with van der Waals surface area (Å²) in [5.74, 6) is 1.21. The molecule has 0 saturated heterocycles. The van der Waals surface area contributed by atoms with Gasteiger partial charge in [0.1, 0.15) is 18.0 Å². The fourth-order valence-electron chi connectivity index (χ4n) is 2.87. The van der Waals surface area contributed by atoms with Gasteiger partial charge in [-0.05, 0) is 49.7 Å². The van der Waals surface area contributed by atoms with Crippen molar-refractivity contribution in [3.8, 4) is 23.0 Å². The second-order valence-corrected chi connectivity index (χ2v) is 8.58. The van der Waals surface area contributed by atoms with Gasteiger partial charge in [0.05, 0.1) is 45.6 Å². The summed E-state index contributed by atoms with van der Waals surface area (Å²) in [6.07, 6.45) is 2.42. The number of anilines is 1. The van der Waals surface area contributed by atoms with Crippen molar-refractivity contribution < 1.29 is 32.2 Å². The van der Waals surface area contributed by atoms with Gasteiger partial charge in [-0.25, -0.2) is 13.8 Å². The fraction of sp³-hybridized carbons (Fsp3) is 0.364. The molecule has 0 aliphatic heterocycles. The van der Waals surface area contributed by atoms with Crippen molar-refractivity contribution in [2.45, 2.75) is 13.8 Å². The normalized spacial score (nSPS) is 11.2. The van der Waals surface area contributed by atoms with Crippen LogP contribution in [0.4, 0.5) is 5.69 Å². The zero-order valence-corrected chi connectivity index (χ0v) is 20.1. The molecule has 10 nitrogen and oxygen atoms in total. The Morgan fingerprint density at radius 2 is 1.67 bits per heavy atom. The third kappa shape index (κ3) is 7.28. The van der Waals surface area contributed by atoms with Crippen LogP contribution < -0.4 is 28.7 Å². The molecule has 0 aliphatic rings. The smallest absolute Gasteiger partial charge is 0.260 e. The first-order valence-corrected chi connectivity index (χ1v) is 12.0. The number of hydrogen-bond donors (Lipinski definition) is 1. The number of benzene rings is 2. The van der Waals surface area contributed by atoms with Crippen LogP contribution >= 0.6 is 0 Å². The summed E-state index contributed by atoms with van der Waals surface area (Å²) in [5, 5.41) is 3.93. The number of nitrogens with zero attached hydrogens (tertiary/aromatic N) is 2. The Balaban J connectivity index is 2.18. The van der Waals surface area contributed by atoms with Crippen LogP contribution in [0.1, 0.15) is 19.4 Å². The number of sulfonamides is 1. The number of amides is 1. The van der Waals surface area contributed by atoms with E-state index in [9.17, 15) is 13.2 Å². The first kappa shape index (κ1) is 25.8. The molecule has 0 heterocycles. The maximum absolute atomic E-state index is 12.5. The highest BCUT2D eigenvalue weighted by atomic mass is 32.2. The number of hydrazone groups is 1. The highest BCUT2D eigenvalue weighted by Crippen LogP contribution is 2.33. The minimum Gasteiger partial charge on any atom is -0.497 e. The summed E-state index contributed by atoms with van der Waals surface area (Å²) in [4.78, 5) is 12.5. The quantitative estimate of drug-likeness (QED) is 0.367. The van der Waals surface area contributed by atoms with Gasteiger partial charge in [-0.1, -0.05) is 0 Å². The van der Waals surface area contributed by atoms with Crippen LogP contribution in [-0.2, 0) is 14.8 Å². The molecule has 11 heteroatoms. The molecular weight excluding hydrogens is 450 g/mol. The van der Waals surface area contributed by atoms with Crippen LogP contribution in [0.25, 0.3) is 0 Å². The second-order valence-electron chi connectivity index (χ2n) is 6.67. The maximum atomic E-state index is 12.5. The van der Waals surface area contributed by atoms with Gasteiger partial charge in [0.15, 0.2) is 11.5 Å². The Bertz CT molecular complexity index is 1090. The lowest BCUT2D eigenvalue weighted by atomic mass is 10.2. The topological polar surface area (TPSA) is 116 Å². The summed E-state index contributed by atoms with van der Waals surface area (Å²) in [6.45, 7) is 4.20. The van der Waals surface area contributed by atoms with Crippen molar-refractivity contribution in [1.29, 1.82) is 0 Å². The molecule has 33 heavy (non-hydrogen) atoms. The first-order chi connectivity index (χ1) is 15.7. The summed E-state index contributed by atoms with van der Waals surface area (Å²) in [5.41, 5.74) is 3.18. The summed E-state index contributed by atoms with van der Waals surface area (Å²) >= 11 is 0. The van der Waals surface area contributed by atoms with Crippen LogP contribution in [-0.4, -0.2) is 60.8 Å².